The van der Waals surface area contributed by atoms with Crippen molar-refractivity contribution in [3.63, 3.8) is 0 Å². The number of thioether (sulfide) groups is 1. The molecular formula is C17H27N3OS. The van der Waals surface area contributed by atoms with Gasteiger partial charge in [-0.15, -0.1) is 0 Å². The molecule has 0 spiro atoms. The average Bonchev–Trinajstić information content (AvgIpc) is 2.55. The van der Waals surface area contributed by atoms with Crippen LogP contribution >= 0.6 is 11.8 Å². The third kappa shape index (κ3) is 4.63. The molecule has 0 aliphatic heterocycles. The van der Waals surface area contributed by atoms with Gasteiger partial charge in [0.05, 0.1) is 6.04 Å². The number of nitrogens with zero attached hydrogens (tertiary/aromatic N) is 2. The maximum atomic E-state index is 12.5. The molecule has 1 fully saturated rings. The van der Waals surface area contributed by atoms with Gasteiger partial charge in [0.2, 0.25) is 0 Å². The Bertz CT molecular complexity index is 466. The van der Waals surface area contributed by atoms with Gasteiger partial charge in [-0.25, -0.2) is 4.79 Å². The number of amides is 2. The SMILES string of the molecule is CCS[C@@H]1CCC[C@@H](NC(=O)N(C)[C@@H](C)c2cccnc2)C1. The Kier molecular flexibility index (Phi) is 6.55. The van der Waals surface area contributed by atoms with Crippen molar-refractivity contribution in [1.82, 2.24) is 15.2 Å². The molecule has 1 aliphatic carbocycles. The summed E-state index contributed by atoms with van der Waals surface area (Å²) in [5.41, 5.74) is 1.06. The van der Waals surface area contributed by atoms with E-state index in [1.807, 2.05) is 44.1 Å². The van der Waals surface area contributed by atoms with Gasteiger partial charge >= 0.3 is 6.03 Å². The summed E-state index contributed by atoms with van der Waals surface area (Å²) in [4.78, 5) is 18.4. The Morgan fingerprint density at radius 2 is 2.36 bits per heavy atom. The standard InChI is InChI=1S/C17H27N3OS/c1-4-22-16-9-5-8-15(11-16)19-17(21)20(3)13(2)14-7-6-10-18-12-14/h6-7,10,12-13,15-16H,4-5,8-9,11H2,1-3H3,(H,19,21)/t13-,15+,16+/m0/s1. The highest BCUT2D eigenvalue weighted by Gasteiger charge is 2.25. The first-order valence-electron chi connectivity index (χ1n) is 8.16. The second-order valence-electron chi connectivity index (χ2n) is 5.96. The lowest BCUT2D eigenvalue weighted by Gasteiger charge is -2.32. The van der Waals surface area contributed by atoms with Crippen LogP contribution < -0.4 is 5.32 Å². The van der Waals surface area contributed by atoms with Crippen LogP contribution in [-0.2, 0) is 0 Å². The highest BCUT2D eigenvalue weighted by Crippen LogP contribution is 2.28. The smallest absolute Gasteiger partial charge is 0.317 e. The van der Waals surface area contributed by atoms with Crippen molar-refractivity contribution in [3.8, 4) is 0 Å². The maximum Gasteiger partial charge on any atom is 0.317 e. The summed E-state index contributed by atoms with van der Waals surface area (Å²) >= 11 is 2.02. The van der Waals surface area contributed by atoms with Gasteiger partial charge in [-0.2, -0.15) is 11.8 Å². The van der Waals surface area contributed by atoms with Crippen molar-refractivity contribution in [2.75, 3.05) is 12.8 Å². The zero-order valence-electron chi connectivity index (χ0n) is 13.8. The van der Waals surface area contributed by atoms with Gasteiger partial charge in [0.15, 0.2) is 0 Å². The number of carbonyl (C=O) groups is 1. The van der Waals surface area contributed by atoms with Crippen LogP contribution in [0.5, 0.6) is 0 Å². The maximum absolute atomic E-state index is 12.5. The van der Waals surface area contributed by atoms with Gasteiger partial charge < -0.3 is 10.2 Å². The largest absolute Gasteiger partial charge is 0.335 e. The molecule has 0 unspecified atom stereocenters. The molecule has 2 rings (SSSR count). The number of hydrogen-bond donors (Lipinski definition) is 1. The van der Waals surface area contributed by atoms with Crippen molar-refractivity contribution in [3.05, 3.63) is 30.1 Å². The molecule has 0 bridgehead atoms. The van der Waals surface area contributed by atoms with Gasteiger partial charge in [0.25, 0.3) is 0 Å². The van der Waals surface area contributed by atoms with Crippen LogP contribution in [0.1, 0.15) is 51.1 Å². The number of pyridine rings is 1. The summed E-state index contributed by atoms with van der Waals surface area (Å²) in [5.74, 6) is 1.16. The lowest BCUT2D eigenvalue weighted by atomic mass is 9.95. The van der Waals surface area contributed by atoms with Gasteiger partial charge in [0, 0.05) is 30.7 Å². The van der Waals surface area contributed by atoms with Crippen LogP contribution in [0.4, 0.5) is 4.79 Å². The predicted octanol–water partition coefficient (Wildman–Crippen LogP) is 3.85. The molecule has 122 valence electrons. The fourth-order valence-corrected chi connectivity index (χ4v) is 4.14. The normalized spacial score (nSPS) is 22.9. The third-order valence-corrected chi connectivity index (χ3v) is 5.66. The molecular weight excluding hydrogens is 294 g/mol. The number of hydrogen-bond acceptors (Lipinski definition) is 3. The monoisotopic (exact) mass is 321 g/mol. The molecule has 2 amide bonds. The van der Waals surface area contributed by atoms with E-state index in [2.05, 4.69) is 17.2 Å². The molecule has 0 saturated heterocycles. The van der Waals surface area contributed by atoms with E-state index in [9.17, 15) is 4.79 Å². The fraction of sp³-hybridized carbons (Fsp3) is 0.647. The Morgan fingerprint density at radius 3 is 3.05 bits per heavy atom. The van der Waals surface area contributed by atoms with Crippen LogP contribution in [-0.4, -0.2) is 40.0 Å². The van der Waals surface area contributed by atoms with Crippen LogP contribution in [0.2, 0.25) is 0 Å². The van der Waals surface area contributed by atoms with Gasteiger partial charge in [0.1, 0.15) is 0 Å². The third-order valence-electron chi connectivity index (χ3n) is 4.42. The minimum Gasteiger partial charge on any atom is -0.335 e. The summed E-state index contributed by atoms with van der Waals surface area (Å²) in [6.45, 7) is 4.24. The topological polar surface area (TPSA) is 45.2 Å². The zero-order valence-corrected chi connectivity index (χ0v) is 14.6. The van der Waals surface area contributed by atoms with Crippen molar-refractivity contribution in [1.29, 1.82) is 0 Å². The first kappa shape index (κ1) is 17.1. The molecule has 5 heteroatoms. The highest BCUT2D eigenvalue weighted by atomic mass is 32.2. The van der Waals surface area contributed by atoms with E-state index in [1.165, 1.54) is 12.8 Å². The number of carbonyl (C=O) groups excluding carboxylic acids is 1. The van der Waals surface area contributed by atoms with Gasteiger partial charge in [-0.1, -0.05) is 19.4 Å². The zero-order chi connectivity index (χ0) is 15.9. The molecule has 0 aromatic carbocycles. The van der Waals surface area contributed by atoms with Gasteiger partial charge in [-0.3, -0.25) is 4.98 Å². The Morgan fingerprint density at radius 1 is 1.55 bits per heavy atom. The lowest BCUT2D eigenvalue weighted by Crippen LogP contribution is -2.46. The second kappa shape index (κ2) is 8.42. The molecule has 4 nitrogen and oxygen atoms in total. The molecule has 3 atom stereocenters. The van der Waals surface area contributed by atoms with Crippen molar-refractivity contribution < 1.29 is 4.79 Å². The van der Waals surface area contributed by atoms with Crippen LogP contribution in [0.15, 0.2) is 24.5 Å². The summed E-state index contributed by atoms with van der Waals surface area (Å²) in [6, 6.07) is 4.27. The van der Waals surface area contributed by atoms with Gasteiger partial charge in [-0.05, 0) is 43.6 Å². The molecule has 0 radical (unpaired) electrons. The van der Waals surface area contributed by atoms with Crippen LogP contribution in [0, 0.1) is 0 Å². The van der Waals surface area contributed by atoms with E-state index in [0.717, 1.165) is 24.2 Å². The number of aromatic nitrogens is 1. The summed E-state index contributed by atoms with van der Waals surface area (Å²) in [6.07, 6.45) is 8.27. The molecule has 1 aliphatic rings. The van der Waals surface area contributed by atoms with E-state index >= 15 is 0 Å². The van der Waals surface area contributed by atoms with E-state index < -0.39 is 0 Å². The van der Waals surface area contributed by atoms with Crippen molar-refractivity contribution >= 4 is 17.8 Å². The summed E-state index contributed by atoms with van der Waals surface area (Å²) in [5, 5.41) is 3.91. The van der Waals surface area contributed by atoms with E-state index in [-0.39, 0.29) is 12.1 Å². The predicted molar refractivity (Wildman–Crippen MR) is 93.1 cm³/mol. The number of rotatable bonds is 5. The first-order valence-corrected chi connectivity index (χ1v) is 9.21. The fourth-order valence-electron chi connectivity index (χ4n) is 2.96. The van der Waals surface area contributed by atoms with Crippen molar-refractivity contribution in [2.24, 2.45) is 0 Å². The Balaban J connectivity index is 1.88. The summed E-state index contributed by atoms with van der Waals surface area (Å²) < 4.78 is 0. The minimum atomic E-state index is 0.0171. The molecule has 1 aromatic heterocycles. The van der Waals surface area contributed by atoms with E-state index in [0.29, 0.717) is 11.3 Å². The quantitative estimate of drug-likeness (QED) is 0.896. The van der Waals surface area contributed by atoms with E-state index in [1.54, 1.807) is 11.1 Å². The molecule has 1 heterocycles. The average molecular weight is 321 g/mol. The highest BCUT2D eigenvalue weighted by molar-refractivity contribution is 7.99. The lowest BCUT2D eigenvalue weighted by molar-refractivity contribution is 0.187. The van der Waals surface area contributed by atoms with Crippen molar-refractivity contribution in [2.45, 2.75) is 56.9 Å². The number of nitrogens with one attached hydrogen (secondary N) is 1. The van der Waals surface area contributed by atoms with E-state index in [4.69, 9.17) is 0 Å². The number of urea groups is 1. The summed E-state index contributed by atoms with van der Waals surface area (Å²) in [7, 11) is 1.86. The molecule has 1 N–H and O–H groups in total. The molecule has 1 aromatic rings. The first-order chi connectivity index (χ1) is 10.6. The second-order valence-corrected chi connectivity index (χ2v) is 7.54. The molecule has 22 heavy (non-hydrogen) atoms. The van der Waals surface area contributed by atoms with Crippen LogP contribution in [0.25, 0.3) is 0 Å². The minimum absolute atomic E-state index is 0.0171. The Labute approximate surface area is 138 Å². The Hall–Kier alpha value is -1.23. The van der Waals surface area contributed by atoms with Crippen LogP contribution in [0.3, 0.4) is 0 Å². The molecule has 1 saturated carbocycles.